The molecule has 1 N–H and O–H groups in total. The molecule has 0 saturated carbocycles. The van der Waals surface area contributed by atoms with Crippen LogP contribution in [0.1, 0.15) is 53.4 Å². The fourth-order valence-electron chi connectivity index (χ4n) is 1.73. The van der Waals surface area contributed by atoms with Gasteiger partial charge in [0, 0.05) is 0 Å². The van der Waals surface area contributed by atoms with Crippen LogP contribution in [0, 0.1) is 0 Å². The van der Waals surface area contributed by atoms with E-state index in [0.717, 1.165) is 0 Å². The van der Waals surface area contributed by atoms with Crippen molar-refractivity contribution in [1.82, 2.24) is 0 Å². The van der Waals surface area contributed by atoms with Crippen LogP contribution in [0.15, 0.2) is 0 Å². The Morgan fingerprint density at radius 2 is 1.43 bits per heavy atom. The van der Waals surface area contributed by atoms with E-state index in [1.165, 1.54) is 34.6 Å². The van der Waals surface area contributed by atoms with E-state index in [9.17, 15) is 5.11 Å². The maximum atomic E-state index is 9.64. The second kappa shape index (κ2) is 9.02. The van der Waals surface area contributed by atoms with Gasteiger partial charge in [-0.15, -0.1) is 0 Å². The van der Waals surface area contributed by atoms with Crippen molar-refractivity contribution in [3.8, 4) is 0 Å². The number of unbranched alkanes of at least 4 members (excludes halogenated alkanes) is 2. The average Bonchev–Trinajstić information content (AvgIpc) is 2.17. The van der Waals surface area contributed by atoms with Gasteiger partial charge in [0.25, 0.3) is 0 Å². The van der Waals surface area contributed by atoms with Crippen molar-refractivity contribution >= 4 is 19.8 Å². The van der Waals surface area contributed by atoms with Crippen LogP contribution in [0.3, 0.4) is 0 Å². The van der Waals surface area contributed by atoms with Gasteiger partial charge in [0.1, 0.15) is 0 Å². The third kappa shape index (κ3) is 6.28. The zero-order valence-corrected chi connectivity index (χ0v) is 13.2. The second-order valence-electron chi connectivity index (χ2n) is 4.39. The molecule has 0 aromatic carbocycles. The van der Waals surface area contributed by atoms with Crippen molar-refractivity contribution < 1.29 is 5.11 Å². The molecule has 0 aliphatic carbocycles. The third-order valence-corrected chi connectivity index (χ3v) is 13.8. The monoisotopic (exact) mass is 307 g/mol. The predicted octanol–water partition coefficient (Wildman–Crippen LogP) is 3.85. The molecule has 14 heavy (non-hydrogen) atoms. The molecule has 1 radical (unpaired) electrons. The Bertz CT molecular complexity index is 117. The van der Waals surface area contributed by atoms with Crippen molar-refractivity contribution in [2.75, 3.05) is 0 Å². The third-order valence-electron chi connectivity index (χ3n) is 3.07. The first kappa shape index (κ1) is 14.8. The van der Waals surface area contributed by atoms with E-state index in [-0.39, 0.29) is 6.10 Å². The Labute approximate surface area is 97.0 Å². The molecular formula is C12H27OSn. The summed E-state index contributed by atoms with van der Waals surface area (Å²) in [5.74, 6) is 0. The first-order valence-corrected chi connectivity index (χ1v) is 11.8. The molecule has 1 nitrogen and oxygen atoms in total. The SMILES string of the molecule is CCC[CH2][Sn]([CH2]CCC)[CH](C)C(C)O. The molecule has 0 heterocycles. The number of aliphatic hydroxyl groups excluding tert-OH is 1. The van der Waals surface area contributed by atoms with Crippen molar-refractivity contribution in [2.24, 2.45) is 0 Å². The fourth-order valence-corrected chi connectivity index (χ4v) is 11.6. The van der Waals surface area contributed by atoms with Gasteiger partial charge in [-0.25, -0.2) is 0 Å². The zero-order valence-electron chi connectivity index (χ0n) is 10.3. The maximum absolute atomic E-state index is 9.64. The average molecular weight is 306 g/mol. The summed E-state index contributed by atoms with van der Waals surface area (Å²) in [6.07, 6.45) is 5.38. The number of aliphatic hydroxyl groups is 1. The van der Waals surface area contributed by atoms with Crippen LogP contribution in [0.25, 0.3) is 0 Å². The van der Waals surface area contributed by atoms with Crippen LogP contribution in [0.2, 0.25) is 12.8 Å². The van der Waals surface area contributed by atoms with Gasteiger partial charge in [0.15, 0.2) is 0 Å². The van der Waals surface area contributed by atoms with Crippen LogP contribution in [-0.2, 0) is 0 Å². The summed E-state index contributed by atoms with van der Waals surface area (Å²) in [6.45, 7) is 8.80. The summed E-state index contributed by atoms with van der Waals surface area (Å²) in [6, 6.07) is 0. The molecule has 0 bridgehead atoms. The quantitative estimate of drug-likeness (QED) is 0.675. The molecule has 0 aliphatic heterocycles. The summed E-state index contributed by atoms with van der Waals surface area (Å²) >= 11 is -1.25. The van der Waals surface area contributed by atoms with Crippen LogP contribution < -0.4 is 0 Å². The molecule has 0 spiro atoms. The molecule has 0 amide bonds. The van der Waals surface area contributed by atoms with Crippen molar-refractivity contribution in [2.45, 2.75) is 72.3 Å². The standard InChI is InChI=1S/C4H9O.2C4H9.Sn/c1-3-4(2)5;2*1-3-4-2;/h3-5H,1-2H3;2*1,3-4H2,2H3;. The van der Waals surface area contributed by atoms with E-state index in [4.69, 9.17) is 0 Å². The van der Waals surface area contributed by atoms with Crippen LogP contribution in [0.4, 0.5) is 0 Å². The normalized spacial score (nSPS) is 15.9. The van der Waals surface area contributed by atoms with Gasteiger partial charge in [0.05, 0.1) is 0 Å². The summed E-state index contributed by atoms with van der Waals surface area (Å²) in [5.41, 5.74) is 0. The molecule has 2 atom stereocenters. The molecular weight excluding hydrogens is 279 g/mol. The topological polar surface area (TPSA) is 20.2 Å². The zero-order chi connectivity index (χ0) is 11.0. The van der Waals surface area contributed by atoms with E-state index in [0.29, 0.717) is 3.93 Å². The van der Waals surface area contributed by atoms with E-state index in [1.807, 2.05) is 6.92 Å². The molecule has 0 aromatic heterocycles. The van der Waals surface area contributed by atoms with Crippen molar-refractivity contribution in [1.29, 1.82) is 0 Å². The molecule has 0 aliphatic rings. The fraction of sp³-hybridized carbons (Fsp3) is 1.00. The van der Waals surface area contributed by atoms with Crippen LogP contribution in [0.5, 0.6) is 0 Å². The number of hydrogen-bond acceptors (Lipinski definition) is 1. The van der Waals surface area contributed by atoms with E-state index >= 15 is 0 Å². The summed E-state index contributed by atoms with van der Waals surface area (Å²) in [4.78, 5) is 0. The molecule has 2 unspecified atom stereocenters. The van der Waals surface area contributed by atoms with Crippen molar-refractivity contribution in [3.05, 3.63) is 0 Å². The van der Waals surface area contributed by atoms with Gasteiger partial charge in [-0.05, 0) is 0 Å². The Kier molecular flexibility index (Phi) is 9.51. The van der Waals surface area contributed by atoms with Gasteiger partial charge < -0.3 is 0 Å². The Morgan fingerprint density at radius 1 is 1.00 bits per heavy atom. The Hall–Kier alpha value is 0.759. The molecule has 0 fully saturated rings. The first-order valence-electron chi connectivity index (χ1n) is 6.16. The molecule has 0 aromatic rings. The molecule has 85 valence electrons. The molecule has 0 saturated heterocycles. The molecule has 2 heteroatoms. The van der Waals surface area contributed by atoms with Gasteiger partial charge in [0.2, 0.25) is 0 Å². The summed E-state index contributed by atoms with van der Waals surface area (Å²) in [7, 11) is 0. The Morgan fingerprint density at radius 3 is 1.71 bits per heavy atom. The molecule has 0 rings (SSSR count). The number of rotatable bonds is 8. The summed E-state index contributed by atoms with van der Waals surface area (Å²) < 4.78 is 3.64. The van der Waals surface area contributed by atoms with Gasteiger partial charge in [-0.3, -0.25) is 0 Å². The Balaban J connectivity index is 3.94. The van der Waals surface area contributed by atoms with E-state index in [1.54, 1.807) is 0 Å². The van der Waals surface area contributed by atoms with E-state index < -0.39 is 19.8 Å². The van der Waals surface area contributed by atoms with E-state index in [2.05, 4.69) is 20.8 Å². The van der Waals surface area contributed by atoms with Crippen LogP contribution >= 0.6 is 0 Å². The summed E-state index contributed by atoms with van der Waals surface area (Å²) in [5, 5.41) is 9.64. The van der Waals surface area contributed by atoms with Crippen molar-refractivity contribution in [3.63, 3.8) is 0 Å². The van der Waals surface area contributed by atoms with Crippen LogP contribution in [-0.4, -0.2) is 31.0 Å². The minimum absolute atomic E-state index is 0.0573. The first-order chi connectivity index (χ1) is 6.63. The predicted molar refractivity (Wildman–Crippen MR) is 66.3 cm³/mol. The van der Waals surface area contributed by atoms with Gasteiger partial charge in [-0.1, -0.05) is 0 Å². The minimum atomic E-state index is -1.25. The second-order valence-corrected chi connectivity index (χ2v) is 13.6. The van der Waals surface area contributed by atoms with Gasteiger partial charge in [-0.2, -0.15) is 0 Å². The number of hydrogen-bond donors (Lipinski definition) is 1. The van der Waals surface area contributed by atoms with Gasteiger partial charge >= 0.3 is 97.2 Å².